The van der Waals surface area contributed by atoms with Crippen molar-refractivity contribution in [3.8, 4) is 6.01 Å². The summed E-state index contributed by atoms with van der Waals surface area (Å²) in [6.45, 7) is 7.10. The number of hydrogen-bond donors (Lipinski definition) is 1. The van der Waals surface area contributed by atoms with Crippen LogP contribution in [0.2, 0.25) is 0 Å². The second kappa shape index (κ2) is 10.2. The van der Waals surface area contributed by atoms with E-state index in [1.807, 2.05) is 0 Å². The van der Waals surface area contributed by atoms with Crippen molar-refractivity contribution >= 4 is 22.3 Å². The Labute approximate surface area is 230 Å². The summed E-state index contributed by atoms with van der Waals surface area (Å²) in [4.78, 5) is 17.3. The van der Waals surface area contributed by atoms with E-state index in [9.17, 15) is 4.39 Å². The molecule has 0 radical (unpaired) electrons. The third kappa shape index (κ3) is 4.82. The second-order valence-corrected chi connectivity index (χ2v) is 12.0. The zero-order valence-electron chi connectivity index (χ0n) is 23.1. The van der Waals surface area contributed by atoms with Crippen LogP contribution in [-0.4, -0.2) is 79.0 Å². The van der Waals surface area contributed by atoms with Crippen molar-refractivity contribution in [2.45, 2.75) is 69.9 Å². The fourth-order valence-electron chi connectivity index (χ4n) is 7.27. The van der Waals surface area contributed by atoms with Gasteiger partial charge in [-0.3, -0.25) is 0 Å². The molecule has 1 N–H and O–H groups in total. The Bertz CT molecular complexity index is 1340. The van der Waals surface area contributed by atoms with Crippen LogP contribution in [0, 0.1) is 6.92 Å². The Hall–Kier alpha value is -2.97. The highest BCUT2D eigenvalue weighted by Gasteiger charge is 2.37. The zero-order chi connectivity index (χ0) is 26.5. The van der Waals surface area contributed by atoms with Gasteiger partial charge in [-0.2, -0.15) is 9.97 Å². The third-order valence-corrected chi connectivity index (χ3v) is 9.26. The average Bonchev–Trinajstić information content (AvgIpc) is 3.34. The number of piperidine rings is 1. The quantitative estimate of drug-likeness (QED) is 0.529. The van der Waals surface area contributed by atoms with E-state index >= 15 is 0 Å². The van der Waals surface area contributed by atoms with Gasteiger partial charge in [-0.05, 0) is 69.6 Å². The first-order chi connectivity index (χ1) is 19.0. The minimum absolute atomic E-state index is 0.161. The molecule has 0 spiro atoms. The number of benzene rings is 2. The number of rotatable bonds is 5. The lowest BCUT2D eigenvalue weighted by molar-refractivity contribution is 0.166. The van der Waals surface area contributed by atoms with E-state index in [2.05, 4.69) is 70.4 Å². The van der Waals surface area contributed by atoms with E-state index in [1.165, 1.54) is 34.0 Å². The van der Waals surface area contributed by atoms with E-state index in [1.54, 1.807) is 0 Å². The largest absolute Gasteiger partial charge is 0.462 e. The van der Waals surface area contributed by atoms with Crippen molar-refractivity contribution in [1.82, 2.24) is 20.2 Å². The lowest BCUT2D eigenvalue weighted by Crippen LogP contribution is -2.61. The normalized spacial score (nSPS) is 27.2. The molecule has 39 heavy (non-hydrogen) atoms. The smallest absolute Gasteiger partial charge is 0.318 e. The van der Waals surface area contributed by atoms with Gasteiger partial charge in [0.05, 0.1) is 12.2 Å². The summed E-state index contributed by atoms with van der Waals surface area (Å²) >= 11 is 0. The summed E-state index contributed by atoms with van der Waals surface area (Å²) in [5.74, 6) is 0.998. The van der Waals surface area contributed by atoms with Gasteiger partial charge in [0.25, 0.3) is 0 Å². The molecule has 3 atom stereocenters. The second-order valence-electron chi connectivity index (χ2n) is 12.0. The Morgan fingerprint density at radius 2 is 1.82 bits per heavy atom. The Morgan fingerprint density at radius 3 is 2.59 bits per heavy atom. The number of nitrogens with one attached hydrogen (secondary N) is 1. The van der Waals surface area contributed by atoms with Crippen LogP contribution in [0.1, 0.15) is 42.5 Å². The van der Waals surface area contributed by atoms with Crippen molar-refractivity contribution in [2.75, 3.05) is 49.6 Å². The molecule has 3 aromatic rings. The van der Waals surface area contributed by atoms with E-state index < -0.39 is 6.17 Å². The maximum absolute atomic E-state index is 14.3. The first kappa shape index (κ1) is 25.0. The molecular weight excluding hydrogens is 491 g/mol. The lowest BCUT2D eigenvalue weighted by atomic mass is 9.92. The highest BCUT2D eigenvalue weighted by molar-refractivity contribution is 5.97. The molecule has 4 aliphatic rings. The van der Waals surface area contributed by atoms with Crippen LogP contribution in [0.5, 0.6) is 6.01 Å². The monoisotopic (exact) mass is 530 g/mol. The highest BCUT2D eigenvalue weighted by atomic mass is 19.1. The molecule has 7 rings (SSSR count). The molecule has 206 valence electrons. The van der Waals surface area contributed by atoms with Crippen molar-refractivity contribution < 1.29 is 9.13 Å². The number of fused-ring (bicyclic) bond motifs is 4. The molecule has 2 aromatic carbocycles. The lowest BCUT2D eigenvalue weighted by Gasteiger charge is -2.45. The van der Waals surface area contributed by atoms with Crippen LogP contribution >= 0.6 is 0 Å². The van der Waals surface area contributed by atoms with Crippen LogP contribution < -0.4 is 19.9 Å². The molecular formula is C31H39FN6O. The summed E-state index contributed by atoms with van der Waals surface area (Å²) in [5.41, 5.74) is 4.83. The third-order valence-electron chi connectivity index (χ3n) is 9.26. The maximum Gasteiger partial charge on any atom is 0.318 e. The Balaban J connectivity index is 1.22. The number of aromatic nitrogens is 2. The van der Waals surface area contributed by atoms with Gasteiger partial charge in [-0.15, -0.1) is 0 Å². The molecule has 0 saturated carbocycles. The van der Waals surface area contributed by atoms with E-state index in [4.69, 9.17) is 14.7 Å². The van der Waals surface area contributed by atoms with Gasteiger partial charge < -0.3 is 24.8 Å². The number of piperazine rings is 1. The fraction of sp³-hybridized carbons (Fsp3) is 0.548. The van der Waals surface area contributed by atoms with Gasteiger partial charge in [-0.25, -0.2) is 4.39 Å². The Morgan fingerprint density at radius 1 is 1.03 bits per heavy atom. The molecule has 3 fully saturated rings. The van der Waals surface area contributed by atoms with Crippen molar-refractivity contribution in [3.63, 3.8) is 0 Å². The van der Waals surface area contributed by atoms with E-state index in [0.29, 0.717) is 31.5 Å². The van der Waals surface area contributed by atoms with Gasteiger partial charge in [-0.1, -0.05) is 30.3 Å². The number of anilines is 2. The van der Waals surface area contributed by atoms with E-state index in [0.717, 1.165) is 57.1 Å². The maximum atomic E-state index is 14.3. The molecule has 0 amide bonds. The number of ether oxygens (including phenoxy) is 1. The predicted molar refractivity (Wildman–Crippen MR) is 154 cm³/mol. The first-order valence-corrected chi connectivity index (χ1v) is 14.6. The molecule has 8 heteroatoms. The van der Waals surface area contributed by atoms with Crippen molar-refractivity contribution in [2.24, 2.45) is 0 Å². The topological polar surface area (TPSA) is 56.8 Å². The van der Waals surface area contributed by atoms with Gasteiger partial charge in [0, 0.05) is 54.4 Å². The van der Waals surface area contributed by atoms with E-state index in [-0.39, 0.29) is 12.1 Å². The van der Waals surface area contributed by atoms with Gasteiger partial charge in [0.15, 0.2) is 0 Å². The molecule has 4 aliphatic heterocycles. The number of alkyl halides is 1. The molecule has 0 aliphatic carbocycles. The summed E-state index contributed by atoms with van der Waals surface area (Å²) in [7, 11) is 2.17. The van der Waals surface area contributed by atoms with Gasteiger partial charge >= 0.3 is 6.01 Å². The molecule has 5 heterocycles. The number of aryl methyl sites for hydroxylation is 1. The van der Waals surface area contributed by atoms with Crippen LogP contribution in [0.4, 0.5) is 15.9 Å². The predicted octanol–water partition coefficient (Wildman–Crippen LogP) is 4.25. The Kier molecular flexibility index (Phi) is 6.55. The summed E-state index contributed by atoms with van der Waals surface area (Å²) < 4.78 is 20.6. The number of nitrogens with zero attached hydrogens (tertiary/aromatic N) is 5. The summed E-state index contributed by atoms with van der Waals surface area (Å²) in [5, 5.41) is 6.21. The van der Waals surface area contributed by atoms with Crippen molar-refractivity contribution in [3.05, 3.63) is 53.2 Å². The average molecular weight is 531 g/mol. The molecule has 2 unspecified atom stereocenters. The van der Waals surface area contributed by atoms with Gasteiger partial charge in [0.2, 0.25) is 0 Å². The number of hydrogen-bond acceptors (Lipinski definition) is 7. The summed E-state index contributed by atoms with van der Waals surface area (Å²) in [6, 6.07) is 14.3. The van der Waals surface area contributed by atoms with Crippen LogP contribution in [0.3, 0.4) is 0 Å². The molecule has 7 nitrogen and oxygen atoms in total. The SMILES string of the molecule is Cc1cccc2cccc(N3CCc4c(nc(OC[C@@H]5CCCN5C)nc4N4CC5CC(F)CC(C4)N5)C3)c12. The standard InChI is InChI=1S/C31H39FN6O/c1-20-6-3-7-21-8-4-10-28(29(20)21)37-13-11-26-27(18-37)34-31(39-19-25-9-5-12-36(25)2)35-30(26)38-16-23-14-22(32)15-24(17-38)33-23/h3-4,6-8,10,22-25,33H,5,9,11-19H2,1-2H3/t22?,23?,24?,25-/m0/s1. The van der Waals surface area contributed by atoms with Crippen LogP contribution in [0.15, 0.2) is 36.4 Å². The molecule has 2 bridgehead atoms. The summed E-state index contributed by atoms with van der Waals surface area (Å²) in [6.07, 6.45) is 3.68. The number of halogens is 1. The number of likely N-dealkylation sites (tertiary alicyclic amines) is 1. The minimum atomic E-state index is -0.706. The minimum Gasteiger partial charge on any atom is -0.462 e. The van der Waals surface area contributed by atoms with Gasteiger partial charge in [0.1, 0.15) is 18.6 Å². The first-order valence-electron chi connectivity index (χ1n) is 14.6. The molecule has 3 saturated heterocycles. The zero-order valence-corrected chi connectivity index (χ0v) is 23.1. The van der Waals surface area contributed by atoms with Crippen LogP contribution in [-0.2, 0) is 13.0 Å². The fourth-order valence-corrected chi connectivity index (χ4v) is 7.27. The van der Waals surface area contributed by atoms with Crippen LogP contribution in [0.25, 0.3) is 10.8 Å². The van der Waals surface area contributed by atoms with Crippen molar-refractivity contribution in [1.29, 1.82) is 0 Å². The number of likely N-dealkylation sites (N-methyl/N-ethyl adjacent to an activating group) is 1. The molecule has 1 aromatic heterocycles. The highest BCUT2D eigenvalue weighted by Crippen LogP contribution is 2.36.